The Morgan fingerprint density at radius 1 is 0.900 bits per heavy atom. The van der Waals surface area contributed by atoms with Crippen LogP contribution in [0, 0.1) is 0 Å². The minimum Gasteiger partial charge on any atom is -0.376 e. The third kappa shape index (κ3) is 3.88. The number of amides is 2. The number of aromatic amines is 1. The number of primary amides is 1. The van der Waals surface area contributed by atoms with Crippen LogP contribution in [0.2, 0.25) is 0 Å². The SMILES string of the molecule is NC(=O)Oc1nc2ccc(C(=O)c3ccccc3NC(=O)c3ccccc3)cc2[nH]1. The molecule has 0 bridgehead atoms. The van der Waals surface area contributed by atoms with Crippen molar-refractivity contribution in [1.82, 2.24) is 9.97 Å². The molecule has 8 heteroatoms. The summed E-state index contributed by atoms with van der Waals surface area (Å²) < 4.78 is 4.73. The van der Waals surface area contributed by atoms with Gasteiger partial charge in [0.1, 0.15) is 0 Å². The van der Waals surface area contributed by atoms with E-state index in [9.17, 15) is 14.4 Å². The molecule has 0 unspecified atom stereocenters. The fourth-order valence-corrected chi connectivity index (χ4v) is 3.00. The van der Waals surface area contributed by atoms with E-state index in [0.29, 0.717) is 33.4 Å². The molecule has 0 fully saturated rings. The van der Waals surface area contributed by atoms with E-state index in [0.717, 1.165) is 0 Å². The molecule has 4 N–H and O–H groups in total. The molecule has 0 aliphatic rings. The predicted molar refractivity (Wildman–Crippen MR) is 111 cm³/mol. The van der Waals surface area contributed by atoms with E-state index in [1.807, 2.05) is 6.07 Å². The number of fused-ring (bicyclic) bond motifs is 1. The zero-order chi connectivity index (χ0) is 21.1. The second-order valence-electron chi connectivity index (χ2n) is 6.39. The molecule has 0 saturated heterocycles. The Balaban J connectivity index is 1.63. The van der Waals surface area contributed by atoms with E-state index in [-0.39, 0.29) is 17.7 Å². The van der Waals surface area contributed by atoms with Gasteiger partial charge in [-0.05, 0) is 42.5 Å². The van der Waals surface area contributed by atoms with Crippen LogP contribution in [0.25, 0.3) is 11.0 Å². The van der Waals surface area contributed by atoms with Crippen LogP contribution in [0.5, 0.6) is 6.01 Å². The number of carbonyl (C=O) groups excluding carboxylic acids is 3. The Morgan fingerprint density at radius 3 is 2.40 bits per heavy atom. The van der Waals surface area contributed by atoms with Crippen LogP contribution < -0.4 is 15.8 Å². The number of carbonyl (C=O) groups is 3. The Morgan fingerprint density at radius 2 is 1.63 bits per heavy atom. The predicted octanol–water partition coefficient (Wildman–Crippen LogP) is 3.50. The number of para-hydroxylation sites is 1. The first kappa shape index (κ1) is 18.9. The molecule has 0 aliphatic carbocycles. The smallest absolute Gasteiger partial charge is 0.376 e. The first-order valence-corrected chi connectivity index (χ1v) is 8.98. The summed E-state index contributed by atoms with van der Waals surface area (Å²) in [7, 11) is 0. The quantitative estimate of drug-likeness (QED) is 0.442. The maximum absolute atomic E-state index is 13.1. The van der Waals surface area contributed by atoms with E-state index in [2.05, 4.69) is 15.3 Å². The van der Waals surface area contributed by atoms with E-state index in [1.54, 1.807) is 66.7 Å². The maximum Gasteiger partial charge on any atom is 0.412 e. The maximum atomic E-state index is 13.1. The number of rotatable bonds is 5. The molecule has 0 saturated carbocycles. The van der Waals surface area contributed by atoms with Crippen LogP contribution in [0.1, 0.15) is 26.3 Å². The highest BCUT2D eigenvalue weighted by Crippen LogP contribution is 2.23. The zero-order valence-electron chi connectivity index (χ0n) is 15.6. The fraction of sp³-hybridized carbons (Fsp3) is 0. The molecular weight excluding hydrogens is 384 g/mol. The summed E-state index contributed by atoms with van der Waals surface area (Å²) in [5.74, 6) is -0.596. The van der Waals surface area contributed by atoms with Gasteiger partial charge in [0.25, 0.3) is 5.91 Å². The molecule has 0 aliphatic heterocycles. The molecule has 4 aromatic rings. The van der Waals surface area contributed by atoms with E-state index in [4.69, 9.17) is 10.5 Å². The molecule has 0 radical (unpaired) electrons. The standard InChI is InChI=1S/C22H16N4O4/c23-21(29)30-22-25-17-11-10-14(12-18(17)26-22)19(27)15-8-4-5-9-16(15)24-20(28)13-6-2-1-3-7-13/h1-12H,(H2,23,29)(H,24,28)(H,25,26). The third-order valence-corrected chi connectivity index (χ3v) is 4.38. The lowest BCUT2D eigenvalue weighted by Crippen LogP contribution is -2.16. The van der Waals surface area contributed by atoms with Crippen LogP contribution in [-0.4, -0.2) is 27.8 Å². The number of anilines is 1. The van der Waals surface area contributed by atoms with Crippen molar-refractivity contribution in [1.29, 1.82) is 0 Å². The lowest BCUT2D eigenvalue weighted by atomic mass is 10.0. The van der Waals surface area contributed by atoms with Gasteiger partial charge in [-0.1, -0.05) is 30.3 Å². The molecule has 0 atom stereocenters. The minimum absolute atomic E-state index is 0.0578. The van der Waals surface area contributed by atoms with Gasteiger partial charge in [0.15, 0.2) is 5.78 Å². The highest BCUT2D eigenvalue weighted by atomic mass is 16.6. The third-order valence-electron chi connectivity index (χ3n) is 4.38. The second-order valence-corrected chi connectivity index (χ2v) is 6.39. The van der Waals surface area contributed by atoms with Crippen LogP contribution in [0.15, 0.2) is 72.8 Å². The number of H-pyrrole nitrogens is 1. The summed E-state index contributed by atoms with van der Waals surface area (Å²) >= 11 is 0. The molecule has 8 nitrogen and oxygen atoms in total. The molecule has 30 heavy (non-hydrogen) atoms. The highest BCUT2D eigenvalue weighted by Gasteiger charge is 2.17. The average Bonchev–Trinajstić information content (AvgIpc) is 3.15. The monoisotopic (exact) mass is 400 g/mol. The number of ether oxygens (including phenoxy) is 1. The molecular formula is C22H16N4O4. The van der Waals surface area contributed by atoms with Gasteiger partial charge in [0.05, 0.1) is 16.7 Å². The Labute approximate surface area is 170 Å². The minimum atomic E-state index is -0.992. The van der Waals surface area contributed by atoms with Crippen molar-refractivity contribution in [2.45, 2.75) is 0 Å². The molecule has 1 aromatic heterocycles. The molecule has 148 valence electrons. The van der Waals surface area contributed by atoms with Crippen molar-refractivity contribution in [3.8, 4) is 6.01 Å². The number of ketones is 1. The van der Waals surface area contributed by atoms with Gasteiger partial charge in [-0.15, -0.1) is 0 Å². The summed E-state index contributed by atoms with van der Waals surface area (Å²) in [6, 6.07) is 20.3. The molecule has 1 heterocycles. The fourth-order valence-electron chi connectivity index (χ4n) is 3.00. The topological polar surface area (TPSA) is 127 Å². The van der Waals surface area contributed by atoms with Crippen LogP contribution in [-0.2, 0) is 0 Å². The summed E-state index contributed by atoms with van der Waals surface area (Å²) in [5, 5.41) is 2.79. The first-order chi connectivity index (χ1) is 14.5. The van der Waals surface area contributed by atoms with Crippen molar-refractivity contribution < 1.29 is 19.1 Å². The van der Waals surface area contributed by atoms with Crippen LogP contribution in [0.3, 0.4) is 0 Å². The molecule has 2 amide bonds. The second kappa shape index (κ2) is 7.88. The number of nitrogens with two attached hydrogens (primary N) is 1. The van der Waals surface area contributed by atoms with Crippen molar-refractivity contribution in [2.75, 3.05) is 5.32 Å². The van der Waals surface area contributed by atoms with Crippen molar-refractivity contribution >= 4 is 34.5 Å². The highest BCUT2D eigenvalue weighted by molar-refractivity contribution is 6.16. The Hall–Kier alpha value is -4.46. The Kier molecular flexibility index (Phi) is 4.96. The zero-order valence-corrected chi connectivity index (χ0v) is 15.6. The van der Waals surface area contributed by atoms with Gasteiger partial charge in [0.2, 0.25) is 0 Å². The van der Waals surface area contributed by atoms with E-state index < -0.39 is 6.09 Å². The molecule has 3 aromatic carbocycles. The summed E-state index contributed by atoms with van der Waals surface area (Å²) in [5.41, 5.74) is 7.60. The van der Waals surface area contributed by atoms with Crippen LogP contribution in [0.4, 0.5) is 10.5 Å². The number of benzene rings is 3. The summed E-state index contributed by atoms with van der Waals surface area (Å²) in [6.07, 6.45) is -0.992. The average molecular weight is 400 g/mol. The first-order valence-electron chi connectivity index (χ1n) is 8.98. The van der Waals surface area contributed by atoms with Crippen molar-refractivity contribution in [2.24, 2.45) is 5.73 Å². The van der Waals surface area contributed by atoms with Gasteiger partial charge in [0, 0.05) is 16.7 Å². The van der Waals surface area contributed by atoms with Gasteiger partial charge in [-0.3, -0.25) is 9.59 Å². The molecule has 4 rings (SSSR count). The van der Waals surface area contributed by atoms with Gasteiger partial charge in [-0.25, -0.2) is 4.79 Å². The summed E-state index contributed by atoms with van der Waals surface area (Å²) in [4.78, 5) is 43.4. The normalized spacial score (nSPS) is 10.5. The number of hydrogen-bond acceptors (Lipinski definition) is 5. The van der Waals surface area contributed by atoms with Crippen LogP contribution >= 0.6 is 0 Å². The Bertz CT molecular complexity index is 1260. The van der Waals surface area contributed by atoms with E-state index >= 15 is 0 Å². The van der Waals surface area contributed by atoms with Crippen molar-refractivity contribution in [3.05, 3.63) is 89.5 Å². The number of hydrogen-bond donors (Lipinski definition) is 3. The van der Waals surface area contributed by atoms with Gasteiger partial charge in [-0.2, -0.15) is 4.98 Å². The van der Waals surface area contributed by atoms with Crippen molar-refractivity contribution in [3.63, 3.8) is 0 Å². The number of imidazole rings is 1. The number of nitrogens with one attached hydrogen (secondary N) is 2. The summed E-state index contributed by atoms with van der Waals surface area (Å²) in [6.45, 7) is 0. The largest absolute Gasteiger partial charge is 0.412 e. The van der Waals surface area contributed by atoms with E-state index in [1.165, 1.54) is 0 Å². The molecule has 0 spiro atoms. The van der Waals surface area contributed by atoms with Gasteiger partial charge >= 0.3 is 12.1 Å². The van der Waals surface area contributed by atoms with Gasteiger partial charge < -0.3 is 20.8 Å². The lowest BCUT2D eigenvalue weighted by molar-refractivity contribution is 0.102. The number of aromatic nitrogens is 2. The lowest BCUT2D eigenvalue weighted by Gasteiger charge is -2.10. The number of nitrogens with zero attached hydrogens (tertiary/aromatic N) is 1.